The van der Waals surface area contributed by atoms with Crippen molar-refractivity contribution in [1.29, 1.82) is 0 Å². The summed E-state index contributed by atoms with van der Waals surface area (Å²) in [6.45, 7) is 4.01. The van der Waals surface area contributed by atoms with Crippen molar-refractivity contribution in [3.8, 4) is 0 Å². The smallest absolute Gasteiger partial charge is 0.333 e. The molecule has 0 aliphatic heterocycles. The molecule has 2 atom stereocenters. The van der Waals surface area contributed by atoms with E-state index in [0.717, 1.165) is 24.8 Å². The highest BCUT2D eigenvalue weighted by Crippen LogP contribution is 2.23. The molecule has 0 saturated heterocycles. The second kappa shape index (κ2) is 10.0. The van der Waals surface area contributed by atoms with E-state index in [1.807, 2.05) is 16.8 Å². The van der Waals surface area contributed by atoms with Gasteiger partial charge in [0.25, 0.3) is 5.56 Å². The topological polar surface area (TPSA) is 77.4 Å². The number of esters is 1. The third-order valence-corrected chi connectivity index (χ3v) is 6.83. The van der Waals surface area contributed by atoms with Crippen LogP contribution in [0.25, 0.3) is 12.2 Å². The predicted molar refractivity (Wildman–Crippen MR) is 116 cm³/mol. The largest absolute Gasteiger partial charge is 0.463 e. The van der Waals surface area contributed by atoms with Gasteiger partial charge in [0.1, 0.15) is 11.2 Å². The van der Waals surface area contributed by atoms with E-state index in [4.69, 9.17) is 4.74 Å². The van der Waals surface area contributed by atoms with Crippen LogP contribution in [0.15, 0.2) is 21.6 Å². The minimum Gasteiger partial charge on any atom is -0.463 e. The van der Waals surface area contributed by atoms with E-state index in [1.165, 1.54) is 28.4 Å². The summed E-state index contributed by atoms with van der Waals surface area (Å²) in [5, 5.41) is 6.95. The molecule has 1 aliphatic rings. The fraction of sp³-hybridized carbons (Fsp3) is 0.476. The molecule has 0 spiro atoms. The normalized spacial score (nSPS) is 20.6. The summed E-state index contributed by atoms with van der Waals surface area (Å²) in [4.78, 5) is 37.6. The van der Waals surface area contributed by atoms with Crippen LogP contribution >= 0.6 is 22.7 Å². The van der Waals surface area contributed by atoms with Gasteiger partial charge in [-0.1, -0.05) is 19.8 Å². The van der Waals surface area contributed by atoms with Gasteiger partial charge in [0.2, 0.25) is 5.91 Å². The van der Waals surface area contributed by atoms with Gasteiger partial charge in [0.05, 0.1) is 17.2 Å². The fourth-order valence-electron chi connectivity index (χ4n) is 3.51. The molecule has 3 rings (SSSR count). The Kier molecular flexibility index (Phi) is 7.44. The Morgan fingerprint density at radius 2 is 2.14 bits per heavy atom. The van der Waals surface area contributed by atoms with Crippen molar-refractivity contribution >= 4 is 46.7 Å². The molecular weight excluding hydrogens is 408 g/mol. The first kappa shape index (κ1) is 21.5. The molecule has 2 aromatic rings. The average molecular weight is 435 g/mol. The van der Waals surface area contributed by atoms with Gasteiger partial charge in [0, 0.05) is 6.04 Å². The van der Waals surface area contributed by atoms with Crippen LogP contribution in [-0.4, -0.2) is 29.1 Å². The number of amides is 1. The first-order valence-corrected chi connectivity index (χ1v) is 11.6. The third-order valence-electron chi connectivity index (χ3n) is 5.06. The summed E-state index contributed by atoms with van der Waals surface area (Å²) >= 11 is 2.73. The average Bonchev–Trinajstić information content (AvgIpc) is 3.28. The monoisotopic (exact) mass is 434 g/mol. The zero-order valence-electron chi connectivity index (χ0n) is 16.7. The van der Waals surface area contributed by atoms with Crippen molar-refractivity contribution < 1.29 is 14.3 Å². The summed E-state index contributed by atoms with van der Waals surface area (Å²) in [7, 11) is 0. The second-order valence-corrected chi connectivity index (χ2v) is 9.07. The molecule has 8 heteroatoms. The van der Waals surface area contributed by atoms with Crippen molar-refractivity contribution in [2.75, 3.05) is 6.61 Å². The van der Waals surface area contributed by atoms with E-state index in [9.17, 15) is 14.4 Å². The van der Waals surface area contributed by atoms with Gasteiger partial charge in [0.15, 0.2) is 0 Å². The molecule has 1 fully saturated rings. The van der Waals surface area contributed by atoms with E-state index in [0.29, 0.717) is 15.1 Å². The van der Waals surface area contributed by atoms with Crippen LogP contribution < -0.4 is 20.1 Å². The summed E-state index contributed by atoms with van der Waals surface area (Å²) in [6.07, 6.45) is 7.43. The summed E-state index contributed by atoms with van der Waals surface area (Å²) in [5.74, 6) is -0.296. The molecule has 0 radical (unpaired) electrons. The minimum absolute atomic E-state index is 0.110. The summed E-state index contributed by atoms with van der Waals surface area (Å²) in [6, 6.07) is 2.06. The molecule has 0 bridgehead atoms. The Labute approximate surface area is 177 Å². The molecule has 6 nitrogen and oxygen atoms in total. The van der Waals surface area contributed by atoms with Gasteiger partial charge in [-0.15, -0.1) is 11.3 Å². The molecule has 29 heavy (non-hydrogen) atoms. The van der Waals surface area contributed by atoms with Crippen LogP contribution in [0.2, 0.25) is 0 Å². The van der Waals surface area contributed by atoms with E-state index < -0.39 is 5.97 Å². The molecule has 2 heterocycles. The quantitative estimate of drug-likeness (QED) is 0.704. The number of thiazole rings is 1. The number of thiophene rings is 1. The number of carbonyl (C=O) groups excluding carboxylic acids is 2. The standard InChI is InChI=1S/C21H26N2O4S2/c1-3-27-20(25)11-19-23(12-18(24)22-16-7-5-4-6-14(16)2)21(26)17(29-19)10-15-8-9-28-13-15/h8-11,13-14,16H,3-7,12H2,1-2H3,(H,22,24). The maximum atomic E-state index is 12.9. The number of hydrogen-bond donors (Lipinski definition) is 1. The zero-order chi connectivity index (χ0) is 20.8. The Morgan fingerprint density at radius 1 is 1.34 bits per heavy atom. The van der Waals surface area contributed by atoms with Crippen LogP contribution in [0.5, 0.6) is 0 Å². The molecule has 1 aliphatic carbocycles. The number of rotatable bonds is 6. The lowest BCUT2D eigenvalue weighted by Crippen LogP contribution is -2.45. The number of ether oxygens (including phenoxy) is 1. The maximum Gasteiger partial charge on any atom is 0.333 e. The van der Waals surface area contributed by atoms with Crippen LogP contribution in [0.1, 0.15) is 45.1 Å². The second-order valence-electron chi connectivity index (χ2n) is 7.23. The lowest BCUT2D eigenvalue weighted by atomic mass is 9.86. The molecule has 2 aromatic heterocycles. The van der Waals surface area contributed by atoms with Crippen molar-refractivity contribution in [3.05, 3.63) is 41.9 Å². The Bertz CT molecular complexity index is 1020. The zero-order valence-corrected chi connectivity index (χ0v) is 18.3. The summed E-state index contributed by atoms with van der Waals surface area (Å²) in [5.41, 5.74) is 0.646. The van der Waals surface area contributed by atoms with Gasteiger partial charge < -0.3 is 10.1 Å². The van der Waals surface area contributed by atoms with E-state index in [2.05, 4.69) is 12.2 Å². The molecule has 1 amide bonds. The van der Waals surface area contributed by atoms with Crippen LogP contribution in [0.4, 0.5) is 0 Å². The molecule has 0 aromatic carbocycles. The molecule has 2 unspecified atom stereocenters. The first-order chi connectivity index (χ1) is 14.0. The third kappa shape index (κ3) is 5.67. The van der Waals surface area contributed by atoms with Gasteiger partial charge in [-0.3, -0.25) is 14.2 Å². The highest BCUT2D eigenvalue weighted by atomic mass is 32.1. The van der Waals surface area contributed by atoms with Gasteiger partial charge in [-0.2, -0.15) is 11.3 Å². The van der Waals surface area contributed by atoms with Gasteiger partial charge in [-0.05, 0) is 54.1 Å². The highest BCUT2D eigenvalue weighted by molar-refractivity contribution is 7.08. The van der Waals surface area contributed by atoms with Crippen LogP contribution in [0.3, 0.4) is 0 Å². The number of aromatic nitrogens is 1. The molecular formula is C21H26N2O4S2. The Balaban J connectivity index is 1.91. The van der Waals surface area contributed by atoms with Gasteiger partial charge in [-0.25, -0.2) is 4.79 Å². The van der Waals surface area contributed by atoms with Crippen molar-refractivity contribution in [2.45, 2.75) is 52.1 Å². The number of carbonyl (C=O) groups is 2. The van der Waals surface area contributed by atoms with Gasteiger partial charge >= 0.3 is 5.97 Å². The Morgan fingerprint density at radius 3 is 2.83 bits per heavy atom. The number of hydrogen-bond acceptors (Lipinski definition) is 6. The first-order valence-electron chi connectivity index (χ1n) is 9.89. The number of nitrogens with one attached hydrogen (secondary N) is 1. The van der Waals surface area contributed by atoms with Crippen molar-refractivity contribution in [1.82, 2.24) is 9.88 Å². The minimum atomic E-state index is -0.522. The lowest BCUT2D eigenvalue weighted by Gasteiger charge is -2.29. The van der Waals surface area contributed by atoms with E-state index in [1.54, 1.807) is 24.3 Å². The highest BCUT2D eigenvalue weighted by Gasteiger charge is 2.23. The van der Waals surface area contributed by atoms with E-state index >= 15 is 0 Å². The van der Waals surface area contributed by atoms with E-state index in [-0.39, 0.29) is 30.7 Å². The maximum absolute atomic E-state index is 12.9. The van der Waals surface area contributed by atoms with Crippen LogP contribution in [-0.2, 0) is 20.9 Å². The molecule has 156 valence electrons. The summed E-state index contributed by atoms with van der Waals surface area (Å²) < 4.78 is 7.25. The molecule has 1 saturated carbocycles. The Hall–Kier alpha value is -2.19. The van der Waals surface area contributed by atoms with Crippen molar-refractivity contribution in [3.63, 3.8) is 0 Å². The molecule has 1 N–H and O–H groups in total. The number of nitrogens with zero attached hydrogens (tertiary/aromatic N) is 1. The van der Waals surface area contributed by atoms with Crippen LogP contribution in [0, 0.1) is 5.92 Å². The SMILES string of the molecule is CCOC(=O)C=c1sc(=Cc2ccsc2)c(=O)n1CC(=O)NC1CCCCC1C. The lowest BCUT2D eigenvalue weighted by molar-refractivity contribution is -0.135. The van der Waals surface area contributed by atoms with Crippen molar-refractivity contribution in [2.24, 2.45) is 5.92 Å². The predicted octanol–water partition coefficient (Wildman–Crippen LogP) is 1.84. The fourth-order valence-corrected chi connectivity index (χ4v) is 5.16.